The van der Waals surface area contributed by atoms with Crippen LogP contribution in [0.15, 0.2) is 24.3 Å². The molecule has 2 nitrogen and oxygen atoms in total. The Morgan fingerprint density at radius 1 is 1.20 bits per heavy atom. The highest BCUT2D eigenvalue weighted by molar-refractivity contribution is 5.25. The lowest BCUT2D eigenvalue weighted by atomic mass is 9.86. The monoisotopic (exact) mass is 274 g/mol. The second-order valence-electron chi connectivity index (χ2n) is 6.49. The molecule has 1 fully saturated rings. The molecular formula is C18H30N2. The largest absolute Gasteiger partial charge is 0.312 e. The van der Waals surface area contributed by atoms with Gasteiger partial charge in [0.25, 0.3) is 0 Å². The molecule has 1 aliphatic rings. The van der Waals surface area contributed by atoms with E-state index in [1.54, 1.807) is 0 Å². The summed E-state index contributed by atoms with van der Waals surface area (Å²) in [5.74, 6) is 0.852. The van der Waals surface area contributed by atoms with Crippen molar-refractivity contribution in [2.75, 3.05) is 20.1 Å². The first-order chi connectivity index (χ1) is 9.66. The number of hydrogen-bond donors (Lipinski definition) is 1. The number of rotatable bonds is 6. The minimum atomic E-state index is 0.746. The Bertz CT molecular complexity index is 402. The van der Waals surface area contributed by atoms with Crippen LogP contribution < -0.4 is 5.32 Å². The van der Waals surface area contributed by atoms with Crippen LogP contribution >= 0.6 is 0 Å². The van der Waals surface area contributed by atoms with Crippen molar-refractivity contribution in [2.45, 2.75) is 52.1 Å². The van der Waals surface area contributed by atoms with E-state index < -0.39 is 0 Å². The average molecular weight is 274 g/mol. The number of benzene rings is 1. The molecule has 1 aromatic rings. The Kier molecular flexibility index (Phi) is 6.06. The highest BCUT2D eigenvalue weighted by atomic mass is 15.1. The van der Waals surface area contributed by atoms with Crippen molar-refractivity contribution in [1.29, 1.82) is 0 Å². The predicted molar refractivity (Wildman–Crippen MR) is 86.9 cm³/mol. The molecule has 0 radical (unpaired) electrons. The molecule has 20 heavy (non-hydrogen) atoms. The van der Waals surface area contributed by atoms with E-state index in [4.69, 9.17) is 0 Å². The zero-order chi connectivity index (χ0) is 14.4. The van der Waals surface area contributed by atoms with Gasteiger partial charge in [-0.1, -0.05) is 44.0 Å². The molecule has 1 aliphatic carbocycles. The topological polar surface area (TPSA) is 15.3 Å². The van der Waals surface area contributed by atoms with E-state index >= 15 is 0 Å². The summed E-state index contributed by atoms with van der Waals surface area (Å²) in [5.41, 5.74) is 2.84. The van der Waals surface area contributed by atoms with Crippen LogP contribution in [0.5, 0.6) is 0 Å². The van der Waals surface area contributed by atoms with E-state index in [0.29, 0.717) is 0 Å². The van der Waals surface area contributed by atoms with E-state index in [0.717, 1.165) is 31.6 Å². The van der Waals surface area contributed by atoms with Crippen molar-refractivity contribution in [1.82, 2.24) is 10.2 Å². The molecule has 2 atom stereocenters. The first-order valence-corrected chi connectivity index (χ1v) is 8.13. The van der Waals surface area contributed by atoms with Gasteiger partial charge in [-0.05, 0) is 43.9 Å². The smallest absolute Gasteiger partial charge is 0.0233 e. The van der Waals surface area contributed by atoms with E-state index in [-0.39, 0.29) is 0 Å². The van der Waals surface area contributed by atoms with Crippen molar-refractivity contribution in [3.05, 3.63) is 35.4 Å². The Labute approximate surface area is 124 Å². The zero-order valence-corrected chi connectivity index (χ0v) is 13.4. The molecule has 1 aromatic carbocycles. The van der Waals surface area contributed by atoms with Gasteiger partial charge < -0.3 is 10.2 Å². The fraction of sp³-hybridized carbons (Fsp3) is 0.667. The standard InChI is InChI=1S/C18H30N2/c1-15-8-4-6-10-17(15)14-20(3)13-12-19-18-11-7-5-9-16(18)2/h4,6,8,10,16,18-19H,5,7,9,11-14H2,1-3H3. The molecule has 1 N–H and O–H groups in total. The number of aryl methyl sites for hydroxylation is 1. The molecule has 0 aliphatic heterocycles. The van der Waals surface area contributed by atoms with Crippen LogP contribution in [0.25, 0.3) is 0 Å². The molecule has 112 valence electrons. The minimum absolute atomic E-state index is 0.746. The lowest BCUT2D eigenvalue weighted by Crippen LogP contribution is -2.40. The average Bonchev–Trinajstić information content (AvgIpc) is 2.43. The molecule has 0 spiro atoms. The van der Waals surface area contributed by atoms with Crippen LogP contribution in [0.4, 0.5) is 0 Å². The van der Waals surface area contributed by atoms with E-state index in [1.165, 1.54) is 36.8 Å². The van der Waals surface area contributed by atoms with Crippen LogP contribution in [-0.2, 0) is 6.54 Å². The maximum atomic E-state index is 3.76. The van der Waals surface area contributed by atoms with E-state index in [1.807, 2.05) is 0 Å². The molecule has 0 aromatic heterocycles. The summed E-state index contributed by atoms with van der Waals surface area (Å²) in [5, 5.41) is 3.76. The molecule has 0 heterocycles. The lowest BCUT2D eigenvalue weighted by molar-refractivity contribution is 0.258. The zero-order valence-electron chi connectivity index (χ0n) is 13.4. The SMILES string of the molecule is Cc1ccccc1CN(C)CCNC1CCCCC1C. The first kappa shape index (κ1) is 15.5. The van der Waals surface area contributed by atoms with Gasteiger partial charge in [-0.25, -0.2) is 0 Å². The summed E-state index contributed by atoms with van der Waals surface area (Å²) in [6, 6.07) is 9.44. The van der Waals surface area contributed by atoms with Gasteiger partial charge in [-0.3, -0.25) is 0 Å². The highest BCUT2D eigenvalue weighted by Gasteiger charge is 2.20. The van der Waals surface area contributed by atoms with Crippen molar-refractivity contribution >= 4 is 0 Å². The van der Waals surface area contributed by atoms with Gasteiger partial charge in [-0.15, -0.1) is 0 Å². The fourth-order valence-electron chi connectivity index (χ4n) is 3.22. The van der Waals surface area contributed by atoms with E-state index in [2.05, 4.69) is 55.4 Å². The van der Waals surface area contributed by atoms with E-state index in [9.17, 15) is 0 Å². The van der Waals surface area contributed by atoms with Crippen molar-refractivity contribution < 1.29 is 0 Å². The summed E-state index contributed by atoms with van der Waals surface area (Å²) in [7, 11) is 2.22. The molecule has 0 bridgehead atoms. The normalized spacial score (nSPS) is 23.2. The van der Waals surface area contributed by atoms with Crippen LogP contribution in [0.3, 0.4) is 0 Å². The summed E-state index contributed by atoms with van der Waals surface area (Å²) >= 11 is 0. The fourth-order valence-corrected chi connectivity index (χ4v) is 3.22. The molecule has 2 heteroatoms. The van der Waals surface area contributed by atoms with Gasteiger partial charge in [0.1, 0.15) is 0 Å². The third-order valence-electron chi connectivity index (χ3n) is 4.71. The van der Waals surface area contributed by atoms with Crippen molar-refractivity contribution in [2.24, 2.45) is 5.92 Å². The second kappa shape index (κ2) is 7.80. The van der Waals surface area contributed by atoms with Crippen LogP contribution in [-0.4, -0.2) is 31.1 Å². The maximum absolute atomic E-state index is 3.76. The van der Waals surface area contributed by atoms with Gasteiger partial charge in [0, 0.05) is 25.7 Å². The Morgan fingerprint density at radius 2 is 1.95 bits per heavy atom. The minimum Gasteiger partial charge on any atom is -0.312 e. The summed E-state index contributed by atoms with van der Waals surface area (Å²) in [4.78, 5) is 2.42. The van der Waals surface area contributed by atoms with Crippen LogP contribution in [0.2, 0.25) is 0 Å². The van der Waals surface area contributed by atoms with Gasteiger partial charge in [0.15, 0.2) is 0 Å². The van der Waals surface area contributed by atoms with Crippen molar-refractivity contribution in [3.8, 4) is 0 Å². The highest BCUT2D eigenvalue weighted by Crippen LogP contribution is 2.23. The predicted octanol–water partition coefficient (Wildman–Crippen LogP) is 3.60. The lowest BCUT2D eigenvalue weighted by Gasteiger charge is -2.30. The summed E-state index contributed by atoms with van der Waals surface area (Å²) in [6.45, 7) is 7.88. The quantitative estimate of drug-likeness (QED) is 0.853. The number of nitrogens with one attached hydrogen (secondary N) is 1. The van der Waals surface area contributed by atoms with Gasteiger partial charge in [0.2, 0.25) is 0 Å². The number of hydrogen-bond acceptors (Lipinski definition) is 2. The molecular weight excluding hydrogens is 244 g/mol. The Morgan fingerprint density at radius 3 is 2.70 bits per heavy atom. The number of likely N-dealkylation sites (N-methyl/N-ethyl adjacent to an activating group) is 1. The van der Waals surface area contributed by atoms with Gasteiger partial charge in [0.05, 0.1) is 0 Å². The van der Waals surface area contributed by atoms with Gasteiger partial charge >= 0.3 is 0 Å². The summed E-state index contributed by atoms with van der Waals surface area (Å²) in [6.07, 6.45) is 5.59. The summed E-state index contributed by atoms with van der Waals surface area (Å²) < 4.78 is 0. The second-order valence-corrected chi connectivity index (χ2v) is 6.49. The Hall–Kier alpha value is -0.860. The van der Waals surface area contributed by atoms with Gasteiger partial charge in [-0.2, -0.15) is 0 Å². The molecule has 2 rings (SSSR count). The first-order valence-electron chi connectivity index (χ1n) is 8.13. The number of nitrogens with zero attached hydrogens (tertiary/aromatic N) is 1. The third-order valence-corrected chi connectivity index (χ3v) is 4.71. The van der Waals surface area contributed by atoms with Crippen molar-refractivity contribution in [3.63, 3.8) is 0 Å². The molecule has 1 saturated carbocycles. The molecule has 0 saturated heterocycles. The molecule has 2 unspecified atom stereocenters. The van der Waals surface area contributed by atoms with Crippen LogP contribution in [0, 0.1) is 12.8 Å². The van der Waals surface area contributed by atoms with Crippen LogP contribution in [0.1, 0.15) is 43.7 Å². The Balaban J connectivity index is 1.70. The third kappa shape index (κ3) is 4.60. The molecule has 0 amide bonds. The maximum Gasteiger partial charge on any atom is 0.0233 e.